The molecule has 1 unspecified atom stereocenters. The largest absolute Gasteiger partial charge is 0.481 e. The number of carboxylic acid groups (broad SMARTS) is 1. The summed E-state index contributed by atoms with van der Waals surface area (Å²) in [7, 11) is 1.66. The van der Waals surface area contributed by atoms with Crippen LogP contribution in [0.1, 0.15) is 40.0 Å². The van der Waals surface area contributed by atoms with Crippen molar-refractivity contribution in [2.75, 3.05) is 13.6 Å². The van der Waals surface area contributed by atoms with Crippen LogP contribution in [0.2, 0.25) is 0 Å². The van der Waals surface area contributed by atoms with Gasteiger partial charge in [0, 0.05) is 20.0 Å². The van der Waals surface area contributed by atoms with Crippen LogP contribution in [0.15, 0.2) is 0 Å². The summed E-state index contributed by atoms with van der Waals surface area (Å²) in [5, 5.41) is 8.51. The van der Waals surface area contributed by atoms with Crippen LogP contribution in [-0.4, -0.2) is 35.5 Å². The molecule has 0 saturated heterocycles. The molecule has 0 saturated carbocycles. The van der Waals surface area contributed by atoms with Gasteiger partial charge in [0.15, 0.2) is 0 Å². The fraction of sp³-hybridized carbons (Fsp3) is 0.833. The third-order valence-corrected chi connectivity index (χ3v) is 2.48. The van der Waals surface area contributed by atoms with Crippen LogP contribution >= 0.6 is 0 Å². The van der Waals surface area contributed by atoms with Gasteiger partial charge in [0.05, 0.1) is 6.42 Å². The van der Waals surface area contributed by atoms with E-state index in [0.717, 1.165) is 6.42 Å². The van der Waals surface area contributed by atoms with Crippen molar-refractivity contribution in [1.29, 1.82) is 0 Å². The molecule has 0 bridgehead atoms. The molecule has 0 fully saturated rings. The third kappa shape index (κ3) is 7.26. The number of hydrogen-bond acceptors (Lipinski definition) is 2. The fourth-order valence-corrected chi connectivity index (χ4v) is 1.73. The molecular weight excluding hydrogens is 206 g/mol. The highest BCUT2D eigenvalue weighted by Gasteiger charge is 2.14. The number of amides is 1. The van der Waals surface area contributed by atoms with Crippen molar-refractivity contribution >= 4 is 11.9 Å². The number of carbonyl (C=O) groups is 2. The highest BCUT2D eigenvalue weighted by molar-refractivity contribution is 5.76. The van der Waals surface area contributed by atoms with Gasteiger partial charge in [-0.15, -0.1) is 0 Å². The third-order valence-electron chi connectivity index (χ3n) is 2.48. The predicted molar refractivity (Wildman–Crippen MR) is 63.1 cm³/mol. The molecule has 0 aliphatic heterocycles. The molecule has 1 atom stereocenters. The van der Waals surface area contributed by atoms with Crippen LogP contribution in [0.5, 0.6) is 0 Å². The summed E-state index contributed by atoms with van der Waals surface area (Å²) >= 11 is 0. The molecule has 4 nitrogen and oxygen atoms in total. The van der Waals surface area contributed by atoms with Crippen molar-refractivity contribution in [3.63, 3.8) is 0 Å². The first-order valence-corrected chi connectivity index (χ1v) is 5.78. The SMILES string of the molecule is CC(C)CC(C)CC(=O)N(C)CCC(=O)O. The van der Waals surface area contributed by atoms with Gasteiger partial charge in [-0.2, -0.15) is 0 Å². The van der Waals surface area contributed by atoms with Crippen LogP contribution in [0.25, 0.3) is 0 Å². The molecule has 94 valence electrons. The molecule has 0 aliphatic rings. The van der Waals surface area contributed by atoms with Gasteiger partial charge in [-0.1, -0.05) is 20.8 Å². The number of carboxylic acids is 1. The maximum absolute atomic E-state index is 11.7. The molecule has 0 aromatic heterocycles. The summed E-state index contributed by atoms with van der Waals surface area (Å²) in [6.07, 6.45) is 1.55. The topological polar surface area (TPSA) is 57.6 Å². The van der Waals surface area contributed by atoms with Crippen LogP contribution in [-0.2, 0) is 9.59 Å². The van der Waals surface area contributed by atoms with Crippen LogP contribution in [0.4, 0.5) is 0 Å². The Kier molecular flexibility index (Phi) is 6.77. The fourth-order valence-electron chi connectivity index (χ4n) is 1.73. The Hall–Kier alpha value is -1.06. The molecule has 0 radical (unpaired) electrons. The van der Waals surface area contributed by atoms with Crippen molar-refractivity contribution in [2.24, 2.45) is 11.8 Å². The van der Waals surface area contributed by atoms with Gasteiger partial charge in [0.25, 0.3) is 0 Å². The smallest absolute Gasteiger partial charge is 0.305 e. The van der Waals surface area contributed by atoms with E-state index in [4.69, 9.17) is 5.11 Å². The van der Waals surface area contributed by atoms with Crippen molar-refractivity contribution in [3.8, 4) is 0 Å². The lowest BCUT2D eigenvalue weighted by atomic mass is 9.95. The van der Waals surface area contributed by atoms with E-state index in [1.54, 1.807) is 7.05 Å². The maximum atomic E-state index is 11.7. The molecule has 1 N–H and O–H groups in total. The van der Waals surface area contributed by atoms with Gasteiger partial charge in [-0.25, -0.2) is 0 Å². The lowest BCUT2D eigenvalue weighted by Crippen LogP contribution is -2.30. The first-order valence-electron chi connectivity index (χ1n) is 5.78. The van der Waals surface area contributed by atoms with E-state index < -0.39 is 5.97 Å². The van der Waals surface area contributed by atoms with Gasteiger partial charge in [-0.05, 0) is 18.3 Å². The van der Waals surface area contributed by atoms with Crippen molar-refractivity contribution < 1.29 is 14.7 Å². The van der Waals surface area contributed by atoms with E-state index in [-0.39, 0.29) is 12.3 Å². The minimum Gasteiger partial charge on any atom is -0.481 e. The van der Waals surface area contributed by atoms with E-state index in [2.05, 4.69) is 20.8 Å². The molecule has 0 rings (SSSR count). The van der Waals surface area contributed by atoms with Crippen LogP contribution in [0.3, 0.4) is 0 Å². The Labute approximate surface area is 97.6 Å². The number of hydrogen-bond donors (Lipinski definition) is 1. The zero-order chi connectivity index (χ0) is 12.7. The zero-order valence-corrected chi connectivity index (χ0v) is 10.7. The normalized spacial score (nSPS) is 12.6. The average Bonchev–Trinajstić information content (AvgIpc) is 2.12. The number of nitrogens with zero attached hydrogens (tertiary/aromatic N) is 1. The Morgan fingerprint density at radius 1 is 1.25 bits per heavy atom. The first kappa shape index (κ1) is 14.9. The molecular formula is C12H23NO3. The molecule has 1 amide bonds. The zero-order valence-electron chi connectivity index (χ0n) is 10.7. The number of rotatable bonds is 7. The average molecular weight is 229 g/mol. The van der Waals surface area contributed by atoms with E-state index in [0.29, 0.717) is 24.8 Å². The number of carbonyl (C=O) groups excluding carboxylic acids is 1. The van der Waals surface area contributed by atoms with E-state index in [1.165, 1.54) is 4.90 Å². The summed E-state index contributed by atoms with van der Waals surface area (Å²) in [4.78, 5) is 23.5. The van der Waals surface area contributed by atoms with Gasteiger partial charge in [0.2, 0.25) is 5.91 Å². The minimum absolute atomic E-state index is 0.0147. The lowest BCUT2D eigenvalue weighted by molar-refractivity contribution is -0.138. The van der Waals surface area contributed by atoms with Crippen LogP contribution < -0.4 is 0 Å². The van der Waals surface area contributed by atoms with Gasteiger partial charge in [-0.3, -0.25) is 9.59 Å². The van der Waals surface area contributed by atoms with Gasteiger partial charge in [0.1, 0.15) is 0 Å². The van der Waals surface area contributed by atoms with E-state index in [1.807, 2.05) is 0 Å². The Morgan fingerprint density at radius 3 is 2.25 bits per heavy atom. The first-order chi connectivity index (χ1) is 7.32. The van der Waals surface area contributed by atoms with Crippen molar-refractivity contribution in [2.45, 2.75) is 40.0 Å². The standard InChI is InChI=1S/C12H23NO3/c1-9(2)7-10(3)8-11(14)13(4)6-5-12(15)16/h9-10H,5-8H2,1-4H3,(H,15,16). The Bertz CT molecular complexity index is 238. The minimum atomic E-state index is -0.866. The second kappa shape index (κ2) is 7.25. The molecule has 4 heteroatoms. The summed E-state index contributed by atoms with van der Waals surface area (Å²) < 4.78 is 0. The molecule has 0 heterocycles. The highest BCUT2D eigenvalue weighted by Crippen LogP contribution is 2.15. The van der Waals surface area contributed by atoms with Gasteiger partial charge < -0.3 is 10.0 Å². The summed E-state index contributed by atoms with van der Waals surface area (Å²) in [5.41, 5.74) is 0. The second-order valence-corrected chi connectivity index (χ2v) is 4.90. The van der Waals surface area contributed by atoms with Crippen LogP contribution in [0, 0.1) is 11.8 Å². The van der Waals surface area contributed by atoms with Crippen molar-refractivity contribution in [1.82, 2.24) is 4.90 Å². The monoisotopic (exact) mass is 229 g/mol. The molecule has 0 aliphatic carbocycles. The molecule has 0 aromatic rings. The quantitative estimate of drug-likeness (QED) is 0.726. The molecule has 16 heavy (non-hydrogen) atoms. The second-order valence-electron chi connectivity index (χ2n) is 4.90. The van der Waals surface area contributed by atoms with Crippen molar-refractivity contribution in [3.05, 3.63) is 0 Å². The maximum Gasteiger partial charge on any atom is 0.305 e. The molecule has 0 aromatic carbocycles. The Morgan fingerprint density at radius 2 is 1.81 bits per heavy atom. The molecule has 0 spiro atoms. The summed E-state index contributed by atoms with van der Waals surface area (Å²) in [6.45, 7) is 6.62. The van der Waals surface area contributed by atoms with Gasteiger partial charge >= 0.3 is 5.97 Å². The van der Waals surface area contributed by atoms with E-state index in [9.17, 15) is 9.59 Å². The van der Waals surface area contributed by atoms with E-state index >= 15 is 0 Å². The summed E-state index contributed by atoms with van der Waals surface area (Å²) in [5.74, 6) is 0.121. The highest BCUT2D eigenvalue weighted by atomic mass is 16.4. The lowest BCUT2D eigenvalue weighted by Gasteiger charge is -2.19. The summed E-state index contributed by atoms with van der Waals surface area (Å²) in [6, 6.07) is 0. The predicted octanol–water partition coefficient (Wildman–Crippen LogP) is 1.99. The Balaban J connectivity index is 3.90. The number of aliphatic carboxylic acids is 1.